The SMILES string of the molecule is CCC(C1C[I-]1)[C@H]1C(C)(N)[C@@]1(C)C1(C)CCCC1. The first kappa shape index (κ1) is 13.7. The molecule has 1 nitrogen and oxygen atoms in total. The van der Waals surface area contributed by atoms with Crippen molar-refractivity contribution in [2.45, 2.75) is 69.3 Å². The fourth-order valence-electron chi connectivity index (χ4n) is 5.42. The summed E-state index contributed by atoms with van der Waals surface area (Å²) in [6.45, 7) is 9.84. The second-order valence-electron chi connectivity index (χ2n) is 7.63. The van der Waals surface area contributed by atoms with Crippen molar-refractivity contribution in [3.05, 3.63) is 0 Å². The van der Waals surface area contributed by atoms with Gasteiger partial charge in [-0.25, -0.2) is 0 Å². The predicted molar refractivity (Wildman–Crippen MR) is 73.2 cm³/mol. The maximum atomic E-state index is 6.81. The standard InChI is InChI=1S/C16H29IN/c1-5-11(12-10-17-12)13-15(3,16(13,4)18)14(2)8-6-7-9-14/h11-13H,5-10,18H2,1-4H3/q-1/t11?,12?,13-,15-,16?/m1/s1. The molecular weight excluding hydrogens is 333 g/mol. The van der Waals surface area contributed by atoms with Gasteiger partial charge in [0.2, 0.25) is 0 Å². The van der Waals surface area contributed by atoms with Gasteiger partial charge in [-0.2, -0.15) is 0 Å². The summed E-state index contributed by atoms with van der Waals surface area (Å²) in [4.78, 5) is 0. The molecule has 3 rings (SSSR count). The van der Waals surface area contributed by atoms with Crippen LogP contribution in [0.4, 0.5) is 0 Å². The molecule has 0 amide bonds. The summed E-state index contributed by atoms with van der Waals surface area (Å²) in [5.74, 6) is 1.76. The van der Waals surface area contributed by atoms with Crippen molar-refractivity contribution in [3.8, 4) is 0 Å². The maximum absolute atomic E-state index is 6.81. The van der Waals surface area contributed by atoms with Gasteiger partial charge in [-0.3, -0.25) is 0 Å². The molecule has 5 atom stereocenters. The van der Waals surface area contributed by atoms with E-state index in [0.29, 0.717) is 32.0 Å². The minimum absolute atomic E-state index is 0.110. The first-order chi connectivity index (χ1) is 8.38. The number of hydrogen-bond acceptors (Lipinski definition) is 1. The third kappa shape index (κ3) is 1.60. The van der Waals surface area contributed by atoms with Crippen LogP contribution in [-0.4, -0.2) is 13.9 Å². The van der Waals surface area contributed by atoms with E-state index in [1.807, 2.05) is 0 Å². The molecule has 18 heavy (non-hydrogen) atoms. The first-order valence-electron chi connectivity index (χ1n) is 7.75. The Labute approximate surface area is 123 Å². The molecule has 3 fully saturated rings. The molecular formula is C16H29IN-. The van der Waals surface area contributed by atoms with E-state index in [0.717, 1.165) is 15.8 Å². The van der Waals surface area contributed by atoms with Crippen LogP contribution in [0.5, 0.6) is 0 Å². The molecule has 0 bridgehead atoms. The van der Waals surface area contributed by atoms with Gasteiger partial charge in [0.05, 0.1) is 0 Å². The Hall–Kier alpha value is 0.690. The quantitative estimate of drug-likeness (QED) is 0.569. The number of rotatable bonds is 4. The summed E-state index contributed by atoms with van der Waals surface area (Å²) in [7, 11) is 0. The second-order valence-corrected chi connectivity index (χ2v) is 11.0. The van der Waals surface area contributed by atoms with Crippen LogP contribution in [0.3, 0.4) is 0 Å². The van der Waals surface area contributed by atoms with Gasteiger partial charge >= 0.3 is 123 Å². The zero-order valence-electron chi connectivity index (χ0n) is 12.4. The molecule has 0 aromatic carbocycles. The molecule has 0 radical (unpaired) electrons. The molecule has 0 spiro atoms. The number of halogens is 1. The van der Waals surface area contributed by atoms with Crippen molar-refractivity contribution in [1.29, 1.82) is 0 Å². The summed E-state index contributed by atoms with van der Waals surface area (Å²) in [5, 5.41) is 0. The second kappa shape index (κ2) is 4.09. The van der Waals surface area contributed by atoms with Gasteiger partial charge in [0.25, 0.3) is 0 Å². The molecule has 1 saturated heterocycles. The van der Waals surface area contributed by atoms with E-state index in [9.17, 15) is 0 Å². The van der Waals surface area contributed by atoms with Gasteiger partial charge in [-0.15, -0.1) is 0 Å². The first-order valence-corrected chi connectivity index (χ1v) is 10.5. The summed E-state index contributed by atoms with van der Waals surface area (Å²) < 4.78 is 2.70. The van der Waals surface area contributed by atoms with E-state index >= 15 is 0 Å². The van der Waals surface area contributed by atoms with Crippen LogP contribution in [-0.2, 0) is 0 Å². The van der Waals surface area contributed by atoms with Crippen LogP contribution in [0.1, 0.15) is 59.8 Å². The van der Waals surface area contributed by atoms with Gasteiger partial charge in [0, 0.05) is 0 Å². The average molecular weight is 362 g/mol. The normalized spacial score (nSPS) is 51.6. The fourth-order valence-corrected chi connectivity index (χ4v) is 7.95. The number of nitrogens with two attached hydrogens (primary N) is 1. The fraction of sp³-hybridized carbons (Fsp3) is 1.00. The van der Waals surface area contributed by atoms with E-state index in [4.69, 9.17) is 5.73 Å². The van der Waals surface area contributed by atoms with Crippen molar-refractivity contribution in [2.75, 3.05) is 4.43 Å². The van der Waals surface area contributed by atoms with Gasteiger partial charge in [0.1, 0.15) is 0 Å². The van der Waals surface area contributed by atoms with Crippen molar-refractivity contribution in [3.63, 3.8) is 0 Å². The Kier molecular flexibility index (Phi) is 3.11. The Morgan fingerprint density at radius 1 is 1.22 bits per heavy atom. The van der Waals surface area contributed by atoms with Gasteiger partial charge in [-0.05, 0) is 0 Å². The predicted octanol–water partition coefficient (Wildman–Crippen LogP) is 0.418. The monoisotopic (exact) mass is 362 g/mol. The van der Waals surface area contributed by atoms with E-state index in [1.165, 1.54) is 32.1 Å². The Morgan fingerprint density at radius 3 is 2.22 bits per heavy atom. The van der Waals surface area contributed by atoms with Crippen molar-refractivity contribution in [1.82, 2.24) is 0 Å². The topological polar surface area (TPSA) is 26.0 Å². The molecule has 2 aliphatic carbocycles. The van der Waals surface area contributed by atoms with Gasteiger partial charge < -0.3 is 0 Å². The molecule has 1 aliphatic heterocycles. The molecule has 0 aromatic heterocycles. The Bertz CT molecular complexity index is 341. The third-order valence-electron chi connectivity index (χ3n) is 6.96. The number of alkyl halides is 2. The van der Waals surface area contributed by atoms with Crippen LogP contribution in [0.25, 0.3) is 0 Å². The van der Waals surface area contributed by atoms with Crippen LogP contribution < -0.4 is 26.9 Å². The molecule has 106 valence electrons. The third-order valence-corrected chi connectivity index (χ3v) is 9.78. The molecule has 0 aromatic rings. The molecule has 2 heteroatoms. The minimum atomic E-state index is 0.110. The summed E-state index contributed by atoms with van der Waals surface area (Å²) in [5.41, 5.74) is 7.87. The molecule has 2 saturated carbocycles. The van der Waals surface area contributed by atoms with E-state index < -0.39 is 0 Å². The zero-order chi connectivity index (χ0) is 13.2. The Morgan fingerprint density at radius 2 is 1.78 bits per heavy atom. The van der Waals surface area contributed by atoms with Crippen LogP contribution in [0, 0.1) is 22.7 Å². The summed E-state index contributed by atoms with van der Waals surface area (Å²) in [6.07, 6.45) is 7.07. The molecule has 3 unspecified atom stereocenters. The van der Waals surface area contributed by atoms with Gasteiger partial charge in [0.15, 0.2) is 0 Å². The van der Waals surface area contributed by atoms with Crippen molar-refractivity contribution >= 4 is 0 Å². The molecule has 2 N–H and O–H groups in total. The Balaban J connectivity index is 1.87. The van der Waals surface area contributed by atoms with Crippen LogP contribution in [0.2, 0.25) is 0 Å². The average Bonchev–Trinajstić information content (AvgIpc) is 3.16. The van der Waals surface area contributed by atoms with Crippen LogP contribution in [0.15, 0.2) is 0 Å². The van der Waals surface area contributed by atoms with Crippen molar-refractivity contribution < 1.29 is 21.2 Å². The molecule has 1 heterocycles. The summed E-state index contributed by atoms with van der Waals surface area (Å²) >= 11 is 0.564. The van der Waals surface area contributed by atoms with E-state index in [2.05, 4.69) is 27.7 Å². The zero-order valence-corrected chi connectivity index (χ0v) is 14.6. The molecule has 3 aliphatic rings. The summed E-state index contributed by atoms with van der Waals surface area (Å²) in [6, 6.07) is 0. The van der Waals surface area contributed by atoms with Crippen LogP contribution >= 0.6 is 0 Å². The van der Waals surface area contributed by atoms with E-state index in [-0.39, 0.29) is 5.54 Å². The van der Waals surface area contributed by atoms with Crippen molar-refractivity contribution in [2.24, 2.45) is 28.4 Å². The van der Waals surface area contributed by atoms with Gasteiger partial charge in [-0.1, -0.05) is 0 Å². The van der Waals surface area contributed by atoms with E-state index in [1.54, 1.807) is 4.43 Å². The number of hydrogen-bond donors (Lipinski definition) is 1.